The van der Waals surface area contributed by atoms with Gasteiger partial charge in [-0.1, -0.05) is 12.1 Å². The lowest BCUT2D eigenvalue weighted by Gasteiger charge is -2.23. The van der Waals surface area contributed by atoms with Crippen molar-refractivity contribution in [3.05, 3.63) is 80.7 Å². The molecule has 0 bridgehead atoms. The minimum Gasteiger partial charge on any atom is -0.313 e. The van der Waals surface area contributed by atoms with Gasteiger partial charge in [-0.05, 0) is 67.5 Å². The molecule has 3 heterocycles. The monoisotopic (exact) mass is 451 g/mol. The number of aromatic nitrogens is 4. The molecule has 0 spiro atoms. The zero-order valence-corrected chi connectivity index (χ0v) is 18.9. The number of nitrogens with zero attached hydrogens (tertiary/aromatic N) is 4. The number of hydrogen-bond acceptors (Lipinski definition) is 5. The van der Waals surface area contributed by atoms with Crippen molar-refractivity contribution in [3.8, 4) is 0 Å². The third kappa shape index (κ3) is 4.38. The first-order valence-electron chi connectivity index (χ1n) is 11.0. The van der Waals surface area contributed by atoms with Gasteiger partial charge in [0.15, 0.2) is 0 Å². The molecule has 4 aromatic rings. The maximum Gasteiger partial charge on any atom is 0.262 e. The van der Waals surface area contributed by atoms with E-state index in [1.807, 2.05) is 17.9 Å². The smallest absolute Gasteiger partial charge is 0.262 e. The average molecular weight is 452 g/mol. The minimum atomic E-state index is -0.247. The minimum absolute atomic E-state index is 0.0394. The fourth-order valence-electron chi connectivity index (χ4n) is 4.46. The number of nitrogens with one attached hydrogen (secondary N) is 1. The first-order valence-corrected chi connectivity index (χ1v) is 11.8. The van der Waals surface area contributed by atoms with Gasteiger partial charge < -0.3 is 5.32 Å². The summed E-state index contributed by atoms with van der Waals surface area (Å²) in [5, 5.41) is 8.69. The lowest BCUT2D eigenvalue weighted by atomic mass is 9.93. The van der Waals surface area contributed by atoms with E-state index in [0.29, 0.717) is 19.0 Å². The van der Waals surface area contributed by atoms with E-state index in [-0.39, 0.29) is 11.4 Å². The van der Waals surface area contributed by atoms with Crippen molar-refractivity contribution in [1.82, 2.24) is 24.6 Å². The van der Waals surface area contributed by atoms with E-state index in [4.69, 9.17) is 0 Å². The van der Waals surface area contributed by atoms with Gasteiger partial charge in [0.2, 0.25) is 0 Å². The van der Waals surface area contributed by atoms with Crippen LogP contribution in [-0.2, 0) is 39.3 Å². The van der Waals surface area contributed by atoms with E-state index in [2.05, 4.69) is 21.6 Å². The van der Waals surface area contributed by atoms with Gasteiger partial charge in [-0.2, -0.15) is 5.10 Å². The number of rotatable bonds is 7. The Labute approximate surface area is 189 Å². The van der Waals surface area contributed by atoms with E-state index in [1.165, 1.54) is 28.1 Å². The van der Waals surface area contributed by atoms with Gasteiger partial charge in [0.1, 0.15) is 10.6 Å². The van der Waals surface area contributed by atoms with Crippen molar-refractivity contribution in [2.24, 2.45) is 7.05 Å². The molecule has 1 N–H and O–H groups in total. The van der Waals surface area contributed by atoms with E-state index in [1.54, 1.807) is 34.4 Å². The van der Waals surface area contributed by atoms with E-state index >= 15 is 0 Å². The van der Waals surface area contributed by atoms with Crippen LogP contribution in [0.1, 0.15) is 28.0 Å². The predicted octanol–water partition coefficient (Wildman–Crippen LogP) is 3.26. The Morgan fingerprint density at radius 3 is 2.84 bits per heavy atom. The second kappa shape index (κ2) is 8.96. The third-order valence-corrected chi connectivity index (χ3v) is 7.36. The van der Waals surface area contributed by atoms with E-state index in [9.17, 15) is 9.18 Å². The van der Waals surface area contributed by atoms with Crippen LogP contribution in [0.3, 0.4) is 0 Å². The summed E-state index contributed by atoms with van der Waals surface area (Å²) < 4.78 is 16.6. The zero-order valence-electron chi connectivity index (χ0n) is 18.1. The molecule has 0 radical (unpaired) electrons. The Kier molecular flexibility index (Phi) is 5.89. The zero-order chi connectivity index (χ0) is 22.1. The predicted molar refractivity (Wildman–Crippen MR) is 125 cm³/mol. The molecule has 0 amide bonds. The van der Waals surface area contributed by atoms with Crippen molar-refractivity contribution in [3.63, 3.8) is 0 Å². The summed E-state index contributed by atoms with van der Waals surface area (Å²) in [6.45, 7) is 1.46. The van der Waals surface area contributed by atoms with Gasteiger partial charge in [-0.15, -0.1) is 11.3 Å². The molecule has 32 heavy (non-hydrogen) atoms. The summed E-state index contributed by atoms with van der Waals surface area (Å²) in [4.78, 5) is 19.9. The fourth-order valence-corrected chi connectivity index (χ4v) is 5.71. The molecule has 0 aliphatic heterocycles. The van der Waals surface area contributed by atoms with Crippen LogP contribution in [-0.4, -0.2) is 31.9 Å². The van der Waals surface area contributed by atoms with Crippen LogP contribution < -0.4 is 10.9 Å². The van der Waals surface area contributed by atoms with Gasteiger partial charge in [0.05, 0.1) is 17.9 Å². The Morgan fingerprint density at radius 1 is 1.22 bits per heavy atom. The summed E-state index contributed by atoms with van der Waals surface area (Å²) in [6, 6.07) is 6.86. The Bertz CT molecular complexity index is 1290. The molecule has 6 nitrogen and oxygen atoms in total. The highest BCUT2D eigenvalue weighted by molar-refractivity contribution is 7.18. The summed E-state index contributed by atoms with van der Waals surface area (Å²) in [6.07, 6.45) is 10.1. The van der Waals surface area contributed by atoms with Crippen LogP contribution in [0.5, 0.6) is 0 Å². The molecule has 1 aliphatic carbocycles. The van der Waals surface area contributed by atoms with Crippen molar-refractivity contribution in [1.29, 1.82) is 0 Å². The average Bonchev–Trinajstić information content (AvgIpc) is 3.37. The number of fused-ring (bicyclic) bond motifs is 3. The van der Waals surface area contributed by atoms with Gasteiger partial charge in [0, 0.05) is 30.7 Å². The highest BCUT2D eigenvalue weighted by Gasteiger charge is 2.25. The number of halogens is 1. The van der Waals surface area contributed by atoms with Crippen molar-refractivity contribution >= 4 is 21.6 Å². The Morgan fingerprint density at radius 2 is 2.06 bits per heavy atom. The molecule has 1 aromatic carbocycles. The van der Waals surface area contributed by atoms with E-state index in [0.717, 1.165) is 48.0 Å². The number of thiophene rings is 1. The summed E-state index contributed by atoms with van der Waals surface area (Å²) in [7, 11) is 1.94. The molecule has 0 saturated carbocycles. The Hall–Kier alpha value is -2.84. The second-order valence-electron chi connectivity index (χ2n) is 8.47. The van der Waals surface area contributed by atoms with Crippen LogP contribution >= 0.6 is 11.3 Å². The molecular formula is C24H26FN5OS. The van der Waals surface area contributed by atoms with Crippen LogP contribution in [0.25, 0.3) is 10.2 Å². The normalized spacial score (nSPS) is 15.9. The van der Waals surface area contributed by atoms with Crippen molar-refractivity contribution in [2.75, 3.05) is 6.54 Å². The second-order valence-corrected chi connectivity index (χ2v) is 9.55. The quantitative estimate of drug-likeness (QED) is 0.469. The summed E-state index contributed by atoms with van der Waals surface area (Å²) >= 11 is 1.66. The first-order chi connectivity index (χ1) is 15.6. The first kappa shape index (κ1) is 21.0. The molecule has 0 fully saturated rings. The maximum atomic E-state index is 13.2. The molecule has 3 aromatic heterocycles. The van der Waals surface area contributed by atoms with Crippen LogP contribution in [0, 0.1) is 5.82 Å². The Balaban J connectivity index is 1.27. The lowest BCUT2D eigenvalue weighted by Crippen LogP contribution is -2.35. The third-order valence-electron chi connectivity index (χ3n) is 6.20. The summed E-state index contributed by atoms with van der Waals surface area (Å²) in [5.74, 6) is -0.247. The molecular weight excluding hydrogens is 425 g/mol. The highest BCUT2D eigenvalue weighted by Crippen LogP contribution is 2.33. The van der Waals surface area contributed by atoms with Gasteiger partial charge in [0.25, 0.3) is 5.56 Å². The fraction of sp³-hybridized carbons (Fsp3) is 0.375. The lowest BCUT2D eigenvalue weighted by molar-refractivity contribution is 0.466. The maximum absolute atomic E-state index is 13.2. The molecule has 1 atom stereocenters. The van der Waals surface area contributed by atoms with Gasteiger partial charge in [-0.3, -0.25) is 14.0 Å². The van der Waals surface area contributed by atoms with Crippen LogP contribution in [0.15, 0.2) is 47.8 Å². The highest BCUT2D eigenvalue weighted by atomic mass is 32.1. The molecule has 0 saturated heterocycles. The van der Waals surface area contributed by atoms with Gasteiger partial charge >= 0.3 is 0 Å². The number of benzene rings is 1. The van der Waals surface area contributed by atoms with Crippen LogP contribution in [0.4, 0.5) is 4.39 Å². The molecule has 1 aliphatic rings. The van der Waals surface area contributed by atoms with Crippen molar-refractivity contribution in [2.45, 2.75) is 44.7 Å². The number of hydrogen-bond donors (Lipinski definition) is 1. The summed E-state index contributed by atoms with van der Waals surface area (Å²) in [5.41, 5.74) is 3.47. The molecule has 166 valence electrons. The van der Waals surface area contributed by atoms with Crippen molar-refractivity contribution < 1.29 is 4.39 Å². The standard InChI is InChI=1S/C24H26FN5OS/c1-29-14-17(13-28-29)8-10-26-19-6-7-20-21(12-19)32-23-22(20)24(31)30(15-27-23)11-9-16-2-4-18(25)5-3-16/h2-5,13-15,19,26H,6-12H2,1H3. The largest absolute Gasteiger partial charge is 0.313 e. The van der Waals surface area contributed by atoms with E-state index < -0.39 is 0 Å². The van der Waals surface area contributed by atoms with Gasteiger partial charge in [-0.25, -0.2) is 9.37 Å². The molecule has 1 unspecified atom stereocenters. The molecule has 8 heteroatoms. The number of aryl methyl sites for hydroxylation is 4. The topological polar surface area (TPSA) is 64.7 Å². The SMILES string of the molecule is Cn1cc(CCNC2CCc3c(sc4ncn(CCc5ccc(F)cc5)c(=O)c34)C2)cn1. The van der Waals surface area contributed by atoms with Crippen LogP contribution in [0.2, 0.25) is 0 Å². The molecule has 5 rings (SSSR count).